The first-order valence-corrected chi connectivity index (χ1v) is 2.93. The topological polar surface area (TPSA) is 48.5 Å². The van der Waals surface area contributed by atoms with E-state index in [-0.39, 0.29) is 0 Å². The molecule has 2 heterocycles. The summed E-state index contributed by atoms with van der Waals surface area (Å²) in [5, 5.41) is 0. The van der Waals surface area contributed by atoms with Crippen molar-refractivity contribution in [3.05, 3.63) is 11.8 Å². The van der Waals surface area contributed by atoms with Crippen LogP contribution in [0.3, 0.4) is 0 Å². The molecular weight excluding hydrogens is 116 g/mol. The van der Waals surface area contributed by atoms with Crippen LogP contribution >= 0.6 is 0 Å². The molecule has 1 saturated heterocycles. The van der Waals surface area contributed by atoms with Crippen LogP contribution in [0.1, 0.15) is 0 Å². The number of hydrogen-bond acceptors (Lipinski definition) is 4. The standard InChI is InChI=1S/C5H8N4/c1-2-6-3-5-4(1)7-9-8-5/h1-2,5,7-9H,3H2. The van der Waals surface area contributed by atoms with Crippen LogP contribution in [0.4, 0.5) is 0 Å². The van der Waals surface area contributed by atoms with Crippen LogP contribution in [0.15, 0.2) is 16.8 Å². The zero-order valence-electron chi connectivity index (χ0n) is 4.89. The molecule has 3 N–H and O–H groups in total. The third-order valence-electron chi connectivity index (χ3n) is 1.48. The zero-order valence-corrected chi connectivity index (χ0v) is 4.89. The molecule has 0 aromatic heterocycles. The first-order valence-electron chi connectivity index (χ1n) is 2.93. The minimum absolute atomic E-state index is 0.356. The Kier molecular flexibility index (Phi) is 1.00. The normalized spacial score (nSPS) is 31.1. The molecule has 2 rings (SSSR count). The van der Waals surface area contributed by atoms with Crippen LogP contribution in [-0.4, -0.2) is 18.8 Å². The van der Waals surface area contributed by atoms with Crippen molar-refractivity contribution in [2.45, 2.75) is 6.04 Å². The second kappa shape index (κ2) is 1.82. The number of fused-ring (bicyclic) bond motifs is 1. The van der Waals surface area contributed by atoms with Crippen molar-refractivity contribution in [3.63, 3.8) is 0 Å². The Bertz CT molecular complexity index is 172. The highest BCUT2D eigenvalue weighted by molar-refractivity contribution is 5.73. The molecule has 2 aliphatic heterocycles. The number of hydrazine groups is 2. The molecule has 1 atom stereocenters. The number of dihydropyridines is 1. The molecule has 4 nitrogen and oxygen atoms in total. The molecule has 1 fully saturated rings. The molecule has 0 aliphatic carbocycles. The van der Waals surface area contributed by atoms with Crippen molar-refractivity contribution in [1.82, 2.24) is 16.4 Å². The summed E-state index contributed by atoms with van der Waals surface area (Å²) in [5.41, 5.74) is 9.97. The molecule has 0 bridgehead atoms. The van der Waals surface area contributed by atoms with Crippen molar-refractivity contribution in [2.75, 3.05) is 6.54 Å². The second-order valence-electron chi connectivity index (χ2n) is 2.08. The van der Waals surface area contributed by atoms with Gasteiger partial charge in [-0.2, -0.15) is 5.53 Å². The first kappa shape index (κ1) is 4.96. The maximum atomic E-state index is 4.08. The number of aliphatic imine (C=N–C) groups is 1. The lowest BCUT2D eigenvalue weighted by molar-refractivity contribution is 0.548. The van der Waals surface area contributed by atoms with Crippen LogP contribution in [0.25, 0.3) is 0 Å². The summed E-state index contributed by atoms with van der Waals surface area (Å²) in [4.78, 5) is 4.08. The van der Waals surface area contributed by atoms with E-state index in [1.54, 1.807) is 0 Å². The fourth-order valence-corrected chi connectivity index (χ4v) is 0.961. The molecule has 1 unspecified atom stereocenters. The van der Waals surface area contributed by atoms with E-state index < -0.39 is 0 Å². The van der Waals surface area contributed by atoms with Gasteiger partial charge in [0.15, 0.2) is 0 Å². The van der Waals surface area contributed by atoms with Gasteiger partial charge in [-0.25, -0.2) is 5.43 Å². The zero-order chi connectivity index (χ0) is 6.10. The fourth-order valence-electron chi connectivity index (χ4n) is 0.961. The molecule has 0 aromatic rings. The van der Waals surface area contributed by atoms with Crippen LogP contribution in [-0.2, 0) is 0 Å². The lowest BCUT2D eigenvalue weighted by atomic mass is 10.2. The summed E-state index contributed by atoms with van der Waals surface area (Å²) < 4.78 is 0. The highest BCUT2D eigenvalue weighted by atomic mass is 15.6. The summed E-state index contributed by atoms with van der Waals surface area (Å²) in [6.07, 6.45) is 3.77. The molecule has 0 aromatic carbocycles. The van der Waals surface area contributed by atoms with E-state index in [1.807, 2.05) is 12.3 Å². The number of hydrogen-bond donors (Lipinski definition) is 3. The Morgan fingerprint density at radius 1 is 1.67 bits per heavy atom. The maximum Gasteiger partial charge on any atom is 0.0835 e. The predicted octanol–water partition coefficient (Wildman–Crippen LogP) is -1.06. The van der Waals surface area contributed by atoms with Gasteiger partial charge in [0.2, 0.25) is 0 Å². The predicted molar refractivity (Wildman–Crippen MR) is 34.6 cm³/mol. The Morgan fingerprint density at radius 2 is 2.67 bits per heavy atom. The Hall–Kier alpha value is -0.870. The van der Waals surface area contributed by atoms with E-state index in [0.29, 0.717) is 6.04 Å². The van der Waals surface area contributed by atoms with Gasteiger partial charge in [0.05, 0.1) is 12.6 Å². The molecule has 0 amide bonds. The van der Waals surface area contributed by atoms with Crippen LogP contribution in [0, 0.1) is 0 Å². The first-order chi connectivity index (χ1) is 4.47. The van der Waals surface area contributed by atoms with Crippen LogP contribution < -0.4 is 16.4 Å². The Labute approximate surface area is 53.0 Å². The molecule has 48 valence electrons. The summed E-state index contributed by atoms with van der Waals surface area (Å²) in [6, 6.07) is 0.356. The smallest absolute Gasteiger partial charge is 0.0835 e. The molecule has 0 radical (unpaired) electrons. The third kappa shape index (κ3) is 0.721. The molecule has 9 heavy (non-hydrogen) atoms. The minimum atomic E-state index is 0.356. The van der Waals surface area contributed by atoms with Gasteiger partial charge in [0.25, 0.3) is 0 Å². The molecular formula is C5H8N4. The van der Waals surface area contributed by atoms with Crippen molar-refractivity contribution in [1.29, 1.82) is 0 Å². The Balaban J connectivity index is 2.23. The van der Waals surface area contributed by atoms with E-state index in [9.17, 15) is 0 Å². The van der Waals surface area contributed by atoms with Crippen molar-refractivity contribution in [3.8, 4) is 0 Å². The molecule has 0 spiro atoms. The van der Waals surface area contributed by atoms with Gasteiger partial charge in [0.1, 0.15) is 0 Å². The highest BCUT2D eigenvalue weighted by Crippen LogP contribution is 2.04. The van der Waals surface area contributed by atoms with E-state index >= 15 is 0 Å². The van der Waals surface area contributed by atoms with E-state index in [4.69, 9.17) is 0 Å². The SMILES string of the molecule is C1=NCC2NNNC2=C1. The molecule has 4 heteroatoms. The number of rotatable bonds is 0. The minimum Gasteiger partial charge on any atom is -0.311 e. The monoisotopic (exact) mass is 124 g/mol. The van der Waals surface area contributed by atoms with Crippen molar-refractivity contribution < 1.29 is 0 Å². The largest absolute Gasteiger partial charge is 0.311 e. The lowest BCUT2D eigenvalue weighted by Crippen LogP contribution is -2.34. The maximum absolute atomic E-state index is 4.08. The second-order valence-corrected chi connectivity index (χ2v) is 2.08. The summed E-state index contributed by atoms with van der Waals surface area (Å²) in [6.45, 7) is 0.825. The van der Waals surface area contributed by atoms with E-state index in [1.165, 1.54) is 5.70 Å². The molecule has 0 saturated carbocycles. The average Bonchev–Trinajstić information content (AvgIpc) is 2.33. The number of allylic oxidation sites excluding steroid dienone is 1. The van der Waals surface area contributed by atoms with Gasteiger partial charge in [-0.1, -0.05) is 0 Å². The van der Waals surface area contributed by atoms with Crippen LogP contribution in [0.2, 0.25) is 0 Å². The van der Waals surface area contributed by atoms with Gasteiger partial charge >= 0.3 is 0 Å². The summed E-state index contributed by atoms with van der Waals surface area (Å²) in [5.74, 6) is 0. The van der Waals surface area contributed by atoms with Crippen LogP contribution in [0.5, 0.6) is 0 Å². The third-order valence-corrected chi connectivity index (χ3v) is 1.48. The van der Waals surface area contributed by atoms with E-state index in [0.717, 1.165) is 6.54 Å². The van der Waals surface area contributed by atoms with Gasteiger partial charge in [0, 0.05) is 11.9 Å². The lowest BCUT2D eigenvalue weighted by Gasteiger charge is -2.08. The van der Waals surface area contributed by atoms with Gasteiger partial charge in [-0.3, -0.25) is 4.99 Å². The Morgan fingerprint density at radius 3 is 3.56 bits per heavy atom. The molecule has 2 aliphatic rings. The summed E-state index contributed by atoms with van der Waals surface area (Å²) >= 11 is 0. The quantitative estimate of drug-likeness (QED) is 0.385. The van der Waals surface area contributed by atoms with Gasteiger partial charge in [-0.15, -0.1) is 0 Å². The van der Waals surface area contributed by atoms with Crippen molar-refractivity contribution >= 4 is 6.21 Å². The highest BCUT2D eigenvalue weighted by Gasteiger charge is 2.19. The average molecular weight is 124 g/mol. The number of nitrogens with one attached hydrogen (secondary N) is 3. The van der Waals surface area contributed by atoms with Crippen molar-refractivity contribution in [2.24, 2.45) is 4.99 Å². The van der Waals surface area contributed by atoms with E-state index in [2.05, 4.69) is 21.4 Å². The fraction of sp³-hybridized carbons (Fsp3) is 0.400. The van der Waals surface area contributed by atoms with Gasteiger partial charge < -0.3 is 5.43 Å². The van der Waals surface area contributed by atoms with Gasteiger partial charge in [-0.05, 0) is 6.08 Å². The summed E-state index contributed by atoms with van der Waals surface area (Å²) in [7, 11) is 0. The number of nitrogens with zero attached hydrogens (tertiary/aromatic N) is 1.